The van der Waals surface area contributed by atoms with Gasteiger partial charge in [-0.15, -0.1) is 11.8 Å². The average Bonchev–Trinajstić information content (AvgIpc) is 1.90. The number of hydrogen-bond acceptors (Lipinski definition) is 1. The van der Waals surface area contributed by atoms with Crippen LogP contribution in [-0.2, 0) is 0 Å². The molecule has 0 atom stereocenters. The van der Waals surface area contributed by atoms with Crippen molar-refractivity contribution in [3.05, 3.63) is 29.8 Å². The van der Waals surface area contributed by atoms with Crippen LogP contribution in [0.2, 0.25) is 0 Å². The molecule has 0 aliphatic rings. The van der Waals surface area contributed by atoms with Crippen molar-refractivity contribution < 1.29 is 0 Å². The Hall–Kier alpha value is -0.430. The zero-order valence-electron chi connectivity index (χ0n) is 5.64. The molecule has 0 aliphatic heterocycles. The second-order valence-corrected chi connectivity index (χ2v) is 2.78. The highest BCUT2D eigenvalue weighted by atomic mass is 32.2. The molecule has 0 unspecified atom stereocenters. The van der Waals surface area contributed by atoms with Gasteiger partial charge in [-0.25, -0.2) is 0 Å². The summed E-state index contributed by atoms with van der Waals surface area (Å²) >= 11 is 1.72. The first-order valence-electron chi connectivity index (χ1n) is 2.85. The van der Waals surface area contributed by atoms with Crippen LogP contribution in [0.3, 0.4) is 0 Å². The summed E-state index contributed by atoms with van der Waals surface area (Å²) < 4.78 is 0. The molecule has 1 aromatic rings. The lowest BCUT2D eigenvalue weighted by molar-refractivity contribution is 1.37. The zero-order chi connectivity index (χ0) is 6.69. The Balaban J connectivity index is 2.88. The Bertz CT molecular complexity index is 176. The first-order valence-corrected chi connectivity index (χ1v) is 4.08. The number of aryl methyl sites for hydroxylation is 1. The highest BCUT2D eigenvalue weighted by Crippen LogP contribution is 2.12. The van der Waals surface area contributed by atoms with E-state index in [1.807, 2.05) is 6.07 Å². The van der Waals surface area contributed by atoms with Gasteiger partial charge in [0, 0.05) is 4.90 Å². The first-order chi connectivity index (χ1) is 4.33. The van der Waals surface area contributed by atoms with E-state index in [-0.39, 0.29) is 0 Å². The zero-order valence-corrected chi connectivity index (χ0v) is 6.46. The van der Waals surface area contributed by atoms with Crippen molar-refractivity contribution in [1.29, 1.82) is 0 Å². The van der Waals surface area contributed by atoms with Crippen LogP contribution in [-0.4, -0.2) is 6.26 Å². The van der Waals surface area contributed by atoms with Gasteiger partial charge in [-0.1, -0.05) is 17.7 Å². The molecule has 0 amide bonds. The van der Waals surface area contributed by atoms with Gasteiger partial charge < -0.3 is 0 Å². The van der Waals surface area contributed by atoms with E-state index in [4.69, 9.17) is 0 Å². The molecule has 0 spiro atoms. The molecule has 9 heavy (non-hydrogen) atoms. The van der Waals surface area contributed by atoms with Crippen LogP contribution in [0, 0.1) is 13.0 Å². The molecule has 0 N–H and O–H groups in total. The van der Waals surface area contributed by atoms with E-state index in [1.165, 1.54) is 10.5 Å². The Labute approximate surface area is 60.3 Å². The van der Waals surface area contributed by atoms with Crippen LogP contribution in [0.25, 0.3) is 0 Å². The summed E-state index contributed by atoms with van der Waals surface area (Å²) in [5.74, 6) is 0. The quantitative estimate of drug-likeness (QED) is 0.536. The van der Waals surface area contributed by atoms with Gasteiger partial charge in [0.05, 0.1) is 0 Å². The first kappa shape index (κ1) is 6.69. The molecule has 0 heterocycles. The molecule has 1 heteroatoms. The molecule has 0 aromatic heterocycles. The molecule has 1 radical (unpaired) electrons. The normalized spacial score (nSPS) is 9.56. The van der Waals surface area contributed by atoms with E-state index in [0.717, 1.165) is 0 Å². The topological polar surface area (TPSA) is 0 Å². The lowest BCUT2D eigenvalue weighted by atomic mass is 10.2. The third-order valence-corrected chi connectivity index (χ3v) is 1.85. The van der Waals surface area contributed by atoms with Crippen LogP contribution in [0.4, 0.5) is 0 Å². The van der Waals surface area contributed by atoms with E-state index >= 15 is 0 Å². The Morgan fingerprint density at radius 3 is 2.67 bits per heavy atom. The van der Waals surface area contributed by atoms with Crippen molar-refractivity contribution in [3.8, 4) is 0 Å². The maximum Gasteiger partial charge on any atom is 0.0148 e. The summed E-state index contributed by atoms with van der Waals surface area (Å²) in [7, 11) is 0. The van der Waals surface area contributed by atoms with E-state index in [2.05, 4.69) is 31.4 Å². The van der Waals surface area contributed by atoms with Gasteiger partial charge in [0.1, 0.15) is 0 Å². The highest BCUT2D eigenvalue weighted by Gasteiger charge is 1.86. The van der Waals surface area contributed by atoms with E-state index in [9.17, 15) is 0 Å². The summed E-state index contributed by atoms with van der Waals surface area (Å²) in [4.78, 5) is 1.21. The monoisotopic (exact) mass is 137 g/mol. The Morgan fingerprint density at radius 2 is 2.22 bits per heavy atom. The lowest BCUT2D eigenvalue weighted by Crippen LogP contribution is -1.71. The lowest BCUT2D eigenvalue weighted by Gasteiger charge is -1.93. The highest BCUT2D eigenvalue weighted by molar-refractivity contribution is 7.98. The fourth-order valence-electron chi connectivity index (χ4n) is 0.615. The Kier molecular flexibility index (Phi) is 2.17. The molecule has 0 bridgehead atoms. The molecule has 0 aliphatic carbocycles. The smallest absolute Gasteiger partial charge is 0.0148 e. The summed E-state index contributed by atoms with van der Waals surface area (Å²) in [6, 6.07) is 9.34. The van der Waals surface area contributed by atoms with Gasteiger partial charge in [-0.2, -0.15) is 0 Å². The van der Waals surface area contributed by atoms with Crippen molar-refractivity contribution in [2.45, 2.75) is 11.8 Å². The fraction of sp³-hybridized carbons (Fsp3) is 0.250. The number of benzene rings is 1. The summed E-state index contributed by atoms with van der Waals surface area (Å²) in [5, 5.41) is 0. The van der Waals surface area contributed by atoms with Gasteiger partial charge in [-0.05, 0) is 25.3 Å². The van der Waals surface area contributed by atoms with E-state index in [1.54, 1.807) is 11.8 Å². The van der Waals surface area contributed by atoms with Crippen molar-refractivity contribution in [2.24, 2.45) is 0 Å². The molecular formula is C8H9S. The van der Waals surface area contributed by atoms with Crippen LogP contribution in [0.5, 0.6) is 0 Å². The molecule has 1 rings (SSSR count). The molecule has 0 saturated carbocycles. The number of hydrogen-bond donors (Lipinski definition) is 0. The maximum absolute atomic E-state index is 3.15. The Morgan fingerprint density at radius 1 is 1.44 bits per heavy atom. The standard InChI is InChI=1S/C8H9S/c1-7-3-5-8(9-2)6-4-7/h3-5H,1-2H3. The second kappa shape index (κ2) is 2.92. The maximum atomic E-state index is 3.15. The molecule has 0 saturated heterocycles. The molecule has 0 fully saturated rings. The van der Waals surface area contributed by atoms with E-state index in [0.29, 0.717) is 0 Å². The average molecular weight is 137 g/mol. The van der Waals surface area contributed by atoms with Crippen LogP contribution < -0.4 is 0 Å². The summed E-state index contributed by atoms with van der Waals surface area (Å²) in [6.07, 6.45) is 2.06. The van der Waals surface area contributed by atoms with Crippen LogP contribution >= 0.6 is 11.8 Å². The van der Waals surface area contributed by atoms with Crippen molar-refractivity contribution >= 4 is 11.8 Å². The number of rotatable bonds is 1. The van der Waals surface area contributed by atoms with Gasteiger partial charge in [0.15, 0.2) is 0 Å². The predicted octanol–water partition coefficient (Wildman–Crippen LogP) is 2.52. The van der Waals surface area contributed by atoms with Gasteiger partial charge in [0.25, 0.3) is 0 Å². The molecular weight excluding hydrogens is 128 g/mol. The van der Waals surface area contributed by atoms with E-state index < -0.39 is 0 Å². The SMILES string of the molecule is CSc1[c]cc(C)cc1. The van der Waals surface area contributed by atoms with Gasteiger partial charge in [-0.3, -0.25) is 0 Å². The number of thioether (sulfide) groups is 1. The van der Waals surface area contributed by atoms with Gasteiger partial charge in [0.2, 0.25) is 0 Å². The minimum absolute atomic E-state index is 1.21. The summed E-state index contributed by atoms with van der Waals surface area (Å²) in [5.41, 5.74) is 1.27. The fourth-order valence-corrected chi connectivity index (χ4v) is 0.996. The minimum Gasteiger partial charge on any atom is -0.129 e. The molecule has 47 valence electrons. The molecule has 1 aromatic carbocycles. The van der Waals surface area contributed by atoms with Crippen LogP contribution in [0.15, 0.2) is 23.1 Å². The second-order valence-electron chi connectivity index (χ2n) is 1.93. The van der Waals surface area contributed by atoms with Crippen LogP contribution in [0.1, 0.15) is 5.56 Å². The van der Waals surface area contributed by atoms with Crippen molar-refractivity contribution in [2.75, 3.05) is 6.26 Å². The third kappa shape index (κ3) is 1.75. The third-order valence-electron chi connectivity index (χ3n) is 1.16. The van der Waals surface area contributed by atoms with Crippen molar-refractivity contribution in [1.82, 2.24) is 0 Å². The summed E-state index contributed by atoms with van der Waals surface area (Å²) in [6.45, 7) is 2.07. The van der Waals surface area contributed by atoms with Gasteiger partial charge >= 0.3 is 0 Å². The largest absolute Gasteiger partial charge is 0.129 e. The molecule has 0 nitrogen and oxygen atoms in total. The van der Waals surface area contributed by atoms with Crippen molar-refractivity contribution in [3.63, 3.8) is 0 Å². The predicted molar refractivity (Wildman–Crippen MR) is 41.8 cm³/mol. The minimum atomic E-state index is 1.21.